The summed E-state index contributed by atoms with van der Waals surface area (Å²) in [5, 5.41) is 0.797. The Morgan fingerprint density at radius 1 is 1.05 bits per heavy atom. The zero-order valence-corrected chi connectivity index (χ0v) is 12.1. The molecule has 1 heterocycles. The van der Waals surface area contributed by atoms with Crippen molar-refractivity contribution >= 4 is 11.6 Å². The average molecular weight is 287 g/mol. The van der Waals surface area contributed by atoms with Gasteiger partial charge in [0, 0.05) is 36.6 Å². The van der Waals surface area contributed by atoms with E-state index in [1.54, 1.807) is 0 Å². The lowest BCUT2D eigenvalue weighted by molar-refractivity contribution is 0.324. The molecule has 0 aliphatic carbocycles. The van der Waals surface area contributed by atoms with Crippen LogP contribution in [0.5, 0.6) is 0 Å². The normalized spacial score (nSPS) is 23.1. The molecular weight excluding hydrogens is 268 g/mol. The van der Waals surface area contributed by atoms with Crippen molar-refractivity contribution < 1.29 is 0 Å². The number of rotatable bonds is 3. The second kappa shape index (κ2) is 5.96. The Morgan fingerprint density at radius 2 is 1.85 bits per heavy atom. The molecule has 0 spiro atoms. The van der Waals surface area contributed by atoms with Crippen LogP contribution in [-0.2, 0) is 6.54 Å². The summed E-state index contributed by atoms with van der Waals surface area (Å²) in [6, 6.07) is 18.8. The molecule has 3 rings (SSSR count). The van der Waals surface area contributed by atoms with Crippen LogP contribution in [0.25, 0.3) is 0 Å². The van der Waals surface area contributed by atoms with Crippen LogP contribution >= 0.6 is 11.6 Å². The molecule has 0 saturated carbocycles. The third-order valence-corrected chi connectivity index (χ3v) is 4.20. The smallest absolute Gasteiger partial charge is 0.0409 e. The summed E-state index contributed by atoms with van der Waals surface area (Å²) in [6.45, 7) is 2.86. The molecule has 2 nitrogen and oxygen atoms in total. The molecular formula is C17H19ClN2. The predicted octanol–water partition coefficient (Wildman–Crippen LogP) is 3.27. The molecule has 0 amide bonds. The van der Waals surface area contributed by atoms with E-state index >= 15 is 0 Å². The van der Waals surface area contributed by atoms with E-state index in [-0.39, 0.29) is 6.04 Å². The molecule has 1 aliphatic rings. The Balaban J connectivity index is 1.69. The largest absolute Gasteiger partial charge is 0.326 e. The van der Waals surface area contributed by atoms with Crippen LogP contribution in [0.3, 0.4) is 0 Å². The first kappa shape index (κ1) is 13.6. The maximum Gasteiger partial charge on any atom is 0.0409 e. The molecule has 2 aromatic rings. The zero-order chi connectivity index (χ0) is 13.9. The molecule has 1 saturated heterocycles. The molecule has 104 valence electrons. The van der Waals surface area contributed by atoms with E-state index in [1.807, 2.05) is 24.3 Å². The van der Waals surface area contributed by atoms with Crippen LogP contribution in [0.4, 0.5) is 0 Å². The maximum absolute atomic E-state index is 6.32. The van der Waals surface area contributed by atoms with Crippen molar-refractivity contribution in [1.82, 2.24) is 4.90 Å². The van der Waals surface area contributed by atoms with E-state index in [4.69, 9.17) is 17.3 Å². The van der Waals surface area contributed by atoms with E-state index < -0.39 is 0 Å². The highest BCUT2D eigenvalue weighted by atomic mass is 35.5. The molecule has 3 heteroatoms. The Bertz CT molecular complexity index is 570. The highest BCUT2D eigenvalue weighted by molar-refractivity contribution is 6.30. The van der Waals surface area contributed by atoms with Crippen molar-refractivity contribution in [3.8, 4) is 0 Å². The lowest BCUT2D eigenvalue weighted by Crippen LogP contribution is -2.28. The number of halogens is 1. The Kier molecular flexibility index (Phi) is 4.06. The highest BCUT2D eigenvalue weighted by Gasteiger charge is 2.30. The first-order chi connectivity index (χ1) is 9.72. The van der Waals surface area contributed by atoms with Gasteiger partial charge in [0.25, 0.3) is 0 Å². The van der Waals surface area contributed by atoms with E-state index in [0.29, 0.717) is 5.92 Å². The number of nitrogens with two attached hydrogens (primary N) is 1. The van der Waals surface area contributed by atoms with Gasteiger partial charge in [-0.25, -0.2) is 0 Å². The third-order valence-electron chi connectivity index (χ3n) is 3.96. The lowest BCUT2D eigenvalue weighted by atomic mass is 9.95. The van der Waals surface area contributed by atoms with Gasteiger partial charge in [-0.1, -0.05) is 54.1 Å². The Morgan fingerprint density at radius 3 is 2.60 bits per heavy atom. The van der Waals surface area contributed by atoms with Gasteiger partial charge in [0.15, 0.2) is 0 Å². The van der Waals surface area contributed by atoms with Crippen LogP contribution in [-0.4, -0.2) is 24.0 Å². The standard InChI is InChI=1S/C17H19ClN2/c18-15-8-4-5-13(9-15)10-20-11-16(17(19)12-20)14-6-2-1-3-7-14/h1-9,16-17H,10-12,19H2/t16-,17+/m0/s1. The van der Waals surface area contributed by atoms with Crippen molar-refractivity contribution in [2.45, 2.75) is 18.5 Å². The van der Waals surface area contributed by atoms with Gasteiger partial charge in [0.05, 0.1) is 0 Å². The van der Waals surface area contributed by atoms with E-state index in [1.165, 1.54) is 11.1 Å². The number of hydrogen-bond donors (Lipinski definition) is 1. The lowest BCUT2D eigenvalue weighted by Gasteiger charge is -2.16. The highest BCUT2D eigenvalue weighted by Crippen LogP contribution is 2.27. The fourth-order valence-corrected chi connectivity index (χ4v) is 3.20. The fourth-order valence-electron chi connectivity index (χ4n) is 2.99. The molecule has 20 heavy (non-hydrogen) atoms. The number of hydrogen-bond acceptors (Lipinski definition) is 2. The second-order valence-electron chi connectivity index (χ2n) is 5.51. The van der Waals surface area contributed by atoms with Crippen molar-refractivity contribution in [3.63, 3.8) is 0 Å². The fraction of sp³-hybridized carbons (Fsp3) is 0.294. The SMILES string of the molecule is N[C@@H]1CN(Cc2cccc(Cl)c2)C[C@H]1c1ccccc1. The Labute approximate surface area is 125 Å². The predicted molar refractivity (Wildman–Crippen MR) is 83.9 cm³/mol. The van der Waals surface area contributed by atoms with Gasteiger partial charge in [-0.05, 0) is 23.3 Å². The van der Waals surface area contributed by atoms with Crippen LogP contribution in [0.15, 0.2) is 54.6 Å². The van der Waals surface area contributed by atoms with Gasteiger partial charge in [0.1, 0.15) is 0 Å². The van der Waals surface area contributed by atoms with Gasteiger partial charge in [-0.3, -0.25) is 4.90 Å². The minimum absolute atomic E-state index is 0.205. The Hall–Kier alpha value is -1.35. The molecule has 2 atom stereocenters. The van der Waals surface area contributed by atoms with Crippen LogP contribution in [0, 0.1) is 0 Å². The number of likely N-dealkylation sites (tertiary alicyclic amines) is 1. The van der Waals surface area contributed by atoms with E-state index in [2.05, 4.69) is 35.2 Å². The number of benzene rings is 2. The first-order valence-electron chi connectivity index (χ1n) is 7.00. The second-order valence-corrected chi connectivity index (χ2v) is 5.94. The minimum Gasteiger partial charge on any atom is -0.326 e. The third kappa shape index (κ3) is 3.04. The summed E-state index contributed by atoms with van der Waals surface area (Å²) in [5.41, 5.74) is 8.91. The monoisotopic (exact) mass is 286 g/mol. The average Bonchev–Trinajstić information content (AvgIpc) is 2.80. The van der Waals surface area contributed by atoms with Crippen molar-refractivity contribution in [2.24, 2.45) is 5.73 Å². The zero-order valence-electron chi connectivity index (χ0n) is 11.4. The van der Waals surface area contributed by atoms with Crippen molar-refractivity contribution in [1.29, 1.82) is 0 Å². The molecule has 2 N–H and O–H groups in total. The summed E-state index contributed by atoms with van der Waals surface area (Å²) in [7, 11) is 0. The summed E-state index contributed by atoms with van der Waals surface area (Å²) in [6.07, 6.45) is 0. The van der Waals surface area contributed by atoms with E-state index in [9.17, 15) is 0 Å². The molecule has 1 fully saturated rings. The van der Waals surface area contributed by atoms with Crippen molar-refractivity contribution in [2.75, 3.05) is 13.1 Å². The number of nitrogens with zero attached hydrogens (tertiary/aromatic N) is 1. The maximum atomic E-state index is 6.32. The molecule has 1 aliphatic heterocycles. The summed E-state index contributed by atoms with van der Waals surface area (Å²) in [5.74, 6) is 0.426. The topological polar surface area (TPSA) is 29.3 Å². The van der Waals surface area contributed by atoms with Gasteiger partial charge in [0.2, 0.25) is 0 Å². The molecule has 0 bridgehead atoms. The summed E-state index contributed by atoms with van der Waals surface area (Å²) < 4.78 is 0. The van der Waals surface area contributed by atoms with Gasteiger partial charge >= 0.3 is 0 Å². The van der Waals surface area contributed by atoms with Crippen LogP contribution < -0.4 is 5.73 Å². The molecule has 0 unspecified atom stereocenters. The van der Waals surface area contributed by atoms with Gasteiger partial charge < -0.3 is 5.73 Å². The first-order valence-corrected chi connectivity index (χ1v) is 7.37. The minimum atomic E-state index is 0.205. The summed E-state index contributed by atoms with van der Waals surface area (Å²) >= 11 is 6.04. The van der Waals surface area contributed by atoms with E-state index in [0.717, 1.165) is 24.7 Å². The van der Waals surface area contributed by atoms with Crippen LogP contribution in [0.2, 0.25) is 5.02 Å². The van der Waals surface area contributed by atoms with Crippen LogP contribution in [0.1, 0.15) is 17.0 Å². The quantitative estimate of drug-likeness (QED) is 0.938. The van der Waals surface area contributed by atoms with Gasteiger partial charge in [-0.2, -0.15) is 0 Å². The molecule has 2 aromatic carbocycles. The molecule has 0 radical (unpaired) electrons. The van der Waals surface area contributed by atoms with Crippen molar-refractivity contribution in [3.05, 3.63) is 70.7 Å². The van der Waals surface area contributed by atoms with Gasteiger partial charge in [-0.15, -0.1) is 0 Å². The molecule has 0 aromatic heterocycles. The summed E-state index contributed by atoms with van der Waals surface area (Å²) in [4.78, 5) is 2.41.